The van der Waals surface area contributed by atoms with Crippen LogP contribution in [0.3, 0.4) is 0 Å². The van der Waals surface area contributed by atoms with Crippen LogP contribution >= 0.6 is 0 Å². The maximum absolute atomic E-state index is 13.3. The Labute approximate surface area is 177 Å². The third-order valence-corrected chi connectivity index (χ3v) is 6.05. The monoisotopic (exact) mass is 407 g/mol. The highest BCUT2D eigenvalue weighted by molar-refractivity contribution is 5.99. The number of aryl methyl sites for hydroxylation is 1. The highest BCUT2D eigenvalue weighted by Crippen LogP contribution is 2.38. The largest absolute Gasteiger partial charge is 0.450 e. The van der Waals surface area contributed by atoms with Gasteiger partial charge in [-0.2, -0.15) is 0 Å². The van der Waals surface area contributed by atoms with E-state index in [-0.39, 0.29) is 24.2 Å². The highest BCUT2D eigenvalue weighted by Gasteiger charge is 2.42. The Morgan fingerprint density at radius 3 is 2.43 bits per heavy atom. The van der Waals surface area contributed by atoms with E-state index in [9.17, 15) is 9.59 Å². The molecular weight excluding hydrogens is 378 g/mol. The molecule has 30 heavy (non-hydrogen) atoms. The molecule has 0 saturated carbocycles. The van der Waals surface area contributed by atoms with Crippen LogP contribution in [-0.4, -0.2) is 47.5 Å². The summed E-state index contributed by atoms with van der Waals surface area (Å²) in [5.74, 6) is 0.0582. The number of nitrogens with zero attached hydrogens (tertiary/aromatic N) is 2. The van der Waals surface area contributed by atoms with Gasteiger partial charge in [-0.1, -0.05) is 37.3 Å². The molecule has 0 aromatic heterocycles. The van der Waals surface area contributed by atoms with E-state index in [1.54, 1.807) is 4.90 Å². The fraction of sp³-hybridized carbons (Fsp3) is 0.417. The van der Waals surface area contributed by atoms with E-state index in [1.807, 2.05) is 36.1 Å². The zero-order chi connectivity index (χ0) is 21.1. The average molecular weight is 408 g/mol. The van der Waals surface area contributed by atoms with Crippen molar-refractivity contribution in [3.05, 3.63) is 65.2 Å². The predicted molar refractivity (Wildman–Crippen MR) is 116 cm³/mol. The van der Waals surface area contributed by atoms with Gasteiger partial charge in [-0.15, -0.1) is 0 Å². The van der Waals surface area contributed by atoms with E-state index >= 15 is 0 Å². The second kappa shape index (κ2) is 8.78. The van der Waals surface area contributed by atoms with E-state index in [0.29, 0.717) is 19.7 Å². The number of anilines is 1. The first-order valence-corrected chi connectivity index (χ1v) is 10.8. The van der Waals surface area contributed by atoms with Crippen LogP contribution in [-0.2, 0) is 11.2 Å². The van der Waals surface area contributed by atoms with E-state index in [1.165, 1.54) is 5.56 Å². The molecule has 2 aliphatic heterocycles. The van der Waals surface area contributed by atoms with Crippen molar-refractivity contribution < 1.29 is 14.3 Å². The van der Waals surface area contributed by atoms with Crippen molar-refractivity contribution >= 4 is 17.7 Å². The van der Waals surface area contributed by atoms with E-state index in [2.05, 4.69) is 36.5 Å². The molecule has 2 aromatic carbocycles. The van der Waals surface area contributed by atoms with Gasteiger partial charge < -0.3 is 19.9 Å². The van der Waals surface area contributed by atoms with Crippen LogP contribution < -0.4 is 5.32 Å². The Morgan fingerprint density at radius 1 is 1.07 bits per heavy atom. The van der Waals surface area contributed by atoms with Crippen LogP contribution in [0.4, 0.5) is 10.5 Å². The van der Waals surface area contributed by atoms with Crippen molar-refractivity contribution in [3.8, 4) is 0 Å². The zero-order valence-corrected chi connectivity index (χ0v) is 17.6. The van der Waals surface area contributed by atoms with Crippen LogP contribution in [0.25, 0.3) is 0 Å². The SMILES string of the molecule is CCOC(=O)N1CCC(N2C(=O)c3ccccc3C2Nc2ccc(CC)cc2)CC1. The van der Waals surface area contributed by atoms with Gasteiger partial charge in [0.1, 0.15) is 6.17 Å². The second-order valence-corrected chi connectivity index (χ2v) is 7.81. The Balaban J connectivity index is 1.55. The number of hydrogen-bond donors (Lipinski definition) is 1. The number of benzene rings is 2. The maximum atomic E-state index is 13.3. The summed E-state index contributed by atoms with van der Waals surface area (Å²) < 4.78 is 5.13. The van der Waals surface area contributed by atoms with Gasteiger partial charge in [-0.05, 0) is 49.9 Å². The third kappa shape index (κ3) is 3.86. The molecule has 1 fully saturated rings. The number of nitrogens with one attached hydrogen (secondary N) is 1. The Bertz CT molecular complexity index is 904. The molecule has 2 aliphatic rings. The molecule has 0 spiro atoms. The molecule has 6 nitrogen and oxygen atoms in total. The molecular formula is C24H29N3O3. The summed E-state index contributed by atoms with van der Waals surface area (Å²) in [4.78, 5) is 29.0. The van der Waals surface area contributed by atoms with Crippen molar-refractivity contribution in [2.45, 2.75) is 45.3 Å². The minimum absolute atomic E-state index is 0.0582. The number of carbonyl (C=O) groups excluding carboxylic acids is 2. The summed E-state index contributed by atoms with van der Waals surface area (Å²) in [6.07, 6.45) is 2.01. The fourth-order valence-corrected chi connectivity index (χ4v) is 4.40. The van der Waals surface area contributed by atoms with Crippen LogP contribution in [0, 0.1) is 0 Å². The van der Waals surface area contributed by atoms with Crippen LogP contribution in [0.15, 0.2) is 48.5 Å². The molecule has 1 saturated heterocycles. The van der Waals surface area contributed by atoms with Crippen molar-refractivity contribution in [1.82, 2.24) is 9.80 Å². The number of likely N-dealkylation sites (tertiary alicyclic amines) is 1. The lowest BCUT2D eigenvalue weighted by Crippen LogP contribution is -2.49. The van der Waals surface area contributed by atoms with Gasteiger partial charge in [0.05, 0.1) is 6.61 Å². The third-order valence-electron chi connectivity index (χ3n) is 6.05. The number of hydrogen-bond acceptors (Lipinski definition) is 4. The second-order valence-electron chi connectivity index (χ2n) is 7.81. The number of piperidine rings is 1. The molecule has 0 radical (unpaired) electrons. The number of amides is 2. The van der Waals surface area contributed by atoms with Crippen LogP contribution in [0.2, 0.25) is 0 Å². The number of ether oxygens (including phenoxy) is 1. The van der Waals surface area contributed by atoms with Crippen molar-refractivity contribution in [2.24, 2.45) is 0 Å². The molecule has 4 rings (SSSR count). The lowest BCUT2D eigenvalue weighted by molar-refractivity contribution is 0.0496. The quantitative estimate of drug-likeness (QED) is 0.796. The van der Waals surface area contributed by atoms with Gasteiger partial charge in [0.2, 0.25) is 0 Å². The summed E-state index contributed by atoms with van der Waals surface area (Å²) >= 11 is 0. The molecule has 2 amide bonds. The number of carbonyl (C=O) groups is 2. The summed E-state index contributed by atoms with van der Waals surface area (Å²) in [6.45, 7) is 5.53. The maximum Gasteiger partial charge on any atom is 0.409 e. The molecule has 2 heterocycles. The molecule has 1 atom stereocenters. The van der Waals surface area contributed by atoms with Gasteiger partial charge in [-0.25, -0.2) is 4.79 Å². The summed E-state index contributed by atoms with van der Waals surface area (Å²) in [5.41, 5.74) is 4.05. The standard InChI is InChI=1S/C24H29N3O3/c1-3-17-9-11-18(12-10-17)25-22-20-7-5-6-8-21(20)23(28)27(22)19-13-15-26(16-14-19)24(29)30-4-2/h5-12,19,22,25H,3-4,13-16H2,1-2H3. The van der Waals surface area contributed by atoms with Crippen molar-refractivity contribution in [1.29, 1.82) is 0 Å². The first-order valence-electron chi connectivity index (χ1n) is 10.8. The van der Waals surface area contributed by atoms with E-state index < -0.39 is 0 Å². The summed E-state index contributed by atoms with van der Waals surface area (Å²) in [7, 11) is 0. The molecule has 0 aliphatic carbocycles. The summed E-state index contributed by atoms with van der Waals surface area (Å²) in [5, 5.41) is 3.58. The molecule has 158 valence electrons. The topological polar surface area (TPSA) is 61.9 Å². The number of fused-ring (bicyclic) bond motifs is 1. The summed E-state index contributed by atoms with van der Waals surface area (Å²) in [6, 6.07) is 16.3. The lowest BCUT2D eigenvalue weighted by Gasteiger charge is -2.39. The molecule has 0 bridgehead atoms. The molecule has 6 heteroatoms. The van der Waals surface area contributed by atoms with E-state index in [0.717, 1.165) is 36.1 Å². The van der Waals surface area contributed by atoms with Gasteiger partial charge >= 0.3 is 6.09 Å². The molecule has 1 N–H and O–H groups in total. The lowest BCUT2D eigenvalue weighted by atomic mass is 10.0. The molecule has 2 aromatic rings. The molecule has 1 unspecified atom stereocenters. The Hall–Kier alpha value is -3.02. The van der Waals surface area contributed by atoms with E-state index in [4.69, 9.17) is 4.74 Å². The van der Waals surface area contributed by atoms with Crippen LogP contribution in [0.5, 0.6) is 0 Å². The fourth-order valence-electron chi connectivity index (χ4n) is 4.40. The van der Waals surface area contributed by atoms with Gasteiger partial charge in [0.15, 0.2) is 0 Å². The minimum atomic E-state index is -0.266. The van der Waals surface area contributed by atoms with Crippen molar-refractivity contribution in [3.63, 3.8) is 0 Å². The van der Waals surface area contributed by atoms with Crippen LogP contribution in [0.1, 0.15) is 54.3 Å². The normalized spacial score (nSPS) is 19.0. The predicted octanol–water partition coefficient (Wildman–Crippen LogP) is 4.44. The Kier molecular flexibility index (Phi) is 5.93. The average Bonchev–Trinajstić information content (AvgIpc) is 3.06. The first kappa shape index (κ1) is 20.3. The van der Waals surface area contributed by atoms with Gasteiger partial charge in [0.25, 0.3) is 5.91 Å². The van der Waals surface area contributed by atoms with Gasteiger partial charge in [0, 0.05) is 35.9 Å². The zero-order valence-electron chi connectivity index (χ0n) is 17.6. The number of rotatable bonds is 5. The highest BCUT2D eigenvalue weighted by atomic mass is 16.6. The Morgan fingerprint density at radius 2 is 1.77 bits per heavy atom. The van der Waals surface area contributed by atoms with Gasteiger partial charge in [-0.3, -0.25) is 4.79 Å². The first-order chi connectivity index (χ1) is 14.6. The smallest absolute Gasteiger partial charge is 0.409 e. The van der Waals surface area contributed by atoms with Crippen molar-refractivity contribution in [2.75, 3.05) is 25.0 Å². The minimum Gasteiger partial charge on any atom is -0.450 e.